The van der Waals surface area contributed by atoms with E-state index in [-0.39, 0.29) is 36.8 Å². The molecule has 8 heteroatoms. The average molecular weight is 430 g/mol. The normalized spacial score (nSPS) is 15.5. The molecule has 166 valence electrons. The Morgan fingerprint density at radius 3 is 2.52 bits per heavy atom. The van der Waals surface area contributed by atoms with Crippen LogP contribution in [-0.4, -0.2) is 49.4 Å². The molecule has 1 unspecified atom stereocenters. The van der Waals surface area contributed by atoms with Gasteiger partial charge in [0.05, 0.1) is 18.8 Å². The quantitative estimate of drug-likeness (QED) is 0.718. The Bertz CT molecular complexity index is 945. The zero-order valence-electron chi connectivity index (χ0n) is 18.2. The van der Waals surface area contributed by atoms with E-state index in [1.807, 2.05) is 57.1 Å². The van der Waals surface area contributed by atoms with Gasteiger partial charge in [-0.05, 0) is 37.6 Å². The molecule has 1 aliphatic heterocycles. The first-order valence-electron chi connectivity index (χ1n) is 10.2. The summed E-state index contributed by atoms with van der Waals surface area (Å²) in [5, 5.41) is 7.01. The topological polar surface area (TPSA) is 57.2 Å². The van der Waals surface area contributed by atoms with E-state index in [2.05, 4.69) is 10.5 Å². The molecular formula is C23H28F2N4O2. The first kappa shape index (κ1) is 22.5. The maximum absolute atomic E-state index is 14.2. The number of amides is 2. The van der Waals surface area contributed by atoms with Gasteiger partial charge in [-0.3, -0.25) is 0 Å². The molecule has 0 fully saturated rings. The van der Waals surface area contributed by atoms with E-state index in [1.165, 1.54) is 17.0 Å². The predicted molar refractivity (Wildman–Crippen MR) is 117 cm³/mol. The second-order valence-electron chi connectivity index (χ2n) is 8.13. The predicted octanol–water partition coefficient (Wildman–Crippen LogP) is 4.14. The van der Waals surface area contributed by atoms with E-state index in [0.29, 0.717) is 6.42 Å². The third-order valence-electron chi connectivity index (χ3n) is 4.95. The first-order valence-corrected chi connectivity index (χ1v) is 10.2. The average Bonchev–Trinajstić information content (AvgIpc) is 3.17. The lowest BCUT2D eigenvalue weighted by molar-refractivity contribution is 0.0584. The van der Waals surface area contributed by atoms with Crippen molar-refractivity contribution in [1.29, 1.82) is 0 Å². The van der Waals surface area contributed by atoms with Gasteiger partial charge in [0.1, 0.15) is 11.6 Å². The van der Waals surface area contributed by atoms with Crippen molar-refractivity contribution in [3.05, 3.63) is 65.2 Å². The number of anilines is 1. The molecule has 0 radical (unpaired) electrons. The number of benzene rings is 2. The number of carbonyl (C=O) groups excluding carboxylic acids is 1. The molecule has 3 rings (SSSR count). The van der Waals surface area contributed by atoms with E-state index in [9.17, 15) is 13.6 Å². The van der Waals surface area contributed by atoms with Crippen molar-refractivity contribution < 1.29 is 18.4 Å². The SMILES string of the molecule is CC(C)NC(=O)N(Cc1ccc(F)cc1F)CC1CC(c2ccc(N(C)C)cc2)=NO1. The van der Waals surface area contributed by atoms with Gasteiger partial charge in [0.15, 0.2) is 6.10 Å². The van der Waals surface area contributed by atoms with Crippen molar-refractivity contribution in [2.75, 3.05) is 25.5 Å². The van der Waals surface area contributed by atoms with Crippen molar-refractivity contribution in [3.63, 3.8) is 0 Å². The Labute approximate surface area is 181 Å². The fourth-order valence-corrected chi connectivity index (χ4v) is 3.31. The molecule has 0 saturated heterocycles. The van der Waals surface area contributed by atoms with Gasteiger partial charge >= 0.3 is 6.03 Å². The number of nitrogens with zero attached hydrogens (tertiary/aromatic N) is 3. The van der Waals surface area contributed by atoms with E-state index < -0.39 is 11.6 Å². The first-order chi connectivity index (χ1) is 14.7. The van der Waals surface area contributed by atoms with Gasteiger partial charge in [-0.2, -0.15) is 0 Å². The Kier molecular flexibility index (Phi) is 7.09. The smallest absolute Gasteiger partial charge is 0.318 e. The highest BCUT2D eigenvalue weighted by molar-refractivity contribution is 6.01. The summed E-state index contributed by atoms with van der Waals surface area (Å²) in [5.74, 6) is -1.34. The molecule has 1 N–H and O–H groups in total. The molecule has 1 heterocycles. The minimum absolute atomic E-state index is 0.00259. The van der Waals surface area contributed by atoms with Gasteiger partial charge in [-0.15, -0.1) is 0 Å². The molecule has 0 saturated carbocycles. The van der Waals surface area contributed by atoms with Crippen LogP contribution in [0, 0.1) is 11.6 Å². The van der Waals surface area contributed by atoms with Crippen molar-refractivity contribution in [2.45, 2.75) is 39.0 Å². The zero-order valence-corrected chi connectivity index (χ0v) is 18.2. The number of nitrogens with one attached hydrogen (secondary N) is 1. The van der Waals surface area contributed by atoms with Crippen LogP contribution in [0.25, 0.3) is 0 Å². The van der Waals surface area contributed by atoms with Crippen molar-refractivity contribution in [2.24, 2.45) is 5.16 Å². The molecule has 0 aliphatic carbocycles. The van der Waals surface area contributed by atoms with Crippen LogP contribution in [-0.2, 0) is 11.4 Å². The molecule has 2 aromatic carbocycles. The summed E-state index contributed by atoms with van der Waals surface area (Å²) >= 11 is 0. The molecule has 2 aromatic rings. The van der Waals surface area contributed by atoms with Crippen LogP contribution in [0.1, 0.15) is 31.4 Å². The second kappa shape index (κ2) is 9.76. The fraction of sp³-hybridized carbons (Fsp3) is 0.391. The number of carbonyl (C=O) groups is 1. The fourth-order valence-electron chi connectivity index (χ4n) is 3.31. The Balaban J connectivity index is 1.69. The Hall–Kier alpha value is -3.16. The number of halogens is 2. The van der Waals surface area contributed by atoms with E-state index in [4.69, 9.17) is 4.84 Å². The standard InChI is InChI=1S/C23H28F2N4O2/c1-15(2)26-23(30)29(13-17-5-8-18(24)11-21(17)25)14-20-12-22(27-31-20)16-6-9-19(10-7-16)28(3)4/h5-11,15,20H,12-14H2,1-4H3,(H,26,30). The van der Waals surface area contributed by atoms with Gasteiger partial charge in [0, 0.05) is 43.9 Å². The second-order valence-corrected chi connectivity index (χ2v) is 8.13. The lowest BCUT2D eigenvalue weighted by Gasteiger charge is -2.26. The molecule has 1 atom stereocenters. The van der Waals surface area contributed by atoms with Gasteiger partial charge in [0.2, 0.25) is 0 Å². The number of hydrogen-bond acceptors (Lipinski definition) is 4. The maximum atomic E-state index is 14.2. The van der Waals surface area contributed by atoms with Crippen molar-refractivity contribution in [3.8, 4) is 0 Å². The highest BCUT2D eigenvalue weighted by Crippen LogP contribution is 2.21. The lowest BCUT2D eigenvalue weighted by atomic mass is 10.0. The van der Waals surface area contributed by atoms with Crippen molar-refractivity contribution >= 4 is 17.4 Å². The van der Waals surface area contributed by atoms with Gasteiger partial charge in [-0.25, -0.2) is 13.6 Å². The number of oxime groups is 1. The number of rotatable bonds is 7. The van der Waals surface area contributed by atoms with E-state index in [0.717, 1.165) is 23.0 Å². The van der Waals surface area contributed by atoms with Gasteiger partial charge in [0.25, 0.3) is 0 Å². The number of urea groups is 1. The highest BCUT2D eigenvalue weighted by atomic mass is 19.1. The third-order valence-corrected chi connectivity index (χ3v) is 4.95. The Morgan fingerprint density at radius 2 is 1.90 bits per heavy atom. The summed E-state index contributed by atoms with van der Waals surface area (Å²) in [4.78, 5) is 21.8. The van der Waals surface area contributed by atoms with Gasteiger partial charge < -0.3 is 20.0 Å². The molecule has 1 aliphatic rings. The summed E-state index contributed by atoms with van der Waals surface area (Å²) in [7, 11) is 3.95. The third kappa shape index (κ3) is 5.93. The van der Waals surface area contributed by atoms with E-state index >= 15 is 0 Å². The monoisotopic (exact) mass is 430 g/mol. The van der Waals surface area contributed by atoms with Gasteiger partial charge in [-0.1, -0.05) is 23.4 Å². The molecule has 6 nitrogen and oxygen atoms in total. The molecule has 0 bridgehead atoms. The zero-order chi connectivity index (χ0) is 22.5. The van der Waals surface area contributed by atoms with Crippen LogP contribution < -0.4 is 10.2 Å². The lowest BCUT2D eigenvalue weighted by Crippen LogP contribution is -2.45. The summed E-state index contributed by atoms with van der Waals surface area (Å²) in [6, 6.07) is 10.9. The molecular weight excluding hydrogens is 402 g/mol. The van der Waals surface area contributed by atoms with Crippen LogP contribution in [0.2, 0.25) is 0 Å². The minimum Gasteiger partial charge on any atom is -0.390 e. The van der Waals surface area contributed by atoms with Crippen LogP contribution in [0.3, 0.4) is 0 Å². The summed E-state index contributed by atoms with van der Waals surface area (Å²) in [5.41, 5.74) is 3.07. The van der Waals surface area contributed by atoms with Crippen LogP contribution in [0.15, 0.2) is 47.6 Å². The highest BCUT2D eigenvalue weighted by Gasteiger charge is 2.27. The van der Waals surface area contributed by atoms with Crippen LogP contribution in [0.5, 0.6) is 0 Å². The Morgan fingerprint density at radius 1 is 1.19 bits per heavy atom. The largest absolute Gasteiger partial charge is 0.390 e. The molecule has 31 heavy (non-hydrogen) atoms. The van der Waals surface area contributed by atoms with Crippen molar-refractivity contribution in [1.82, 2.24) is 10.2 Å². The maximum Gasteiger partial charge on any atom is 0.318 e. The molecule has 0 spiro atoms. The number of hydrogen-bond donors (Lipinski definition) is 1. The summed E-state index contributed by atoms with van der Waals surface area (Å²) in [6.07, 6.45) is 0.170. The van der Waals surface area contributed by atoms with E-state index in [1.54, 1.807) is 0 Å². The summed E-state index contributed by atoms with van der Waals surface area (Å²) in [6.45, 7) is 3.91. The summed E-state index contributed by atoms with van der Waals surface area (Å²) < 4.78 is 27.4. The van der Waals surface area contributed by atoms with Crippen LogP contribution >= 0.6 is 0 Å². The molecule has 0 aromatic heterocycles. The molecule has 2 amide bonds. The van der Waals surface area contributed by atoms with Crippen LogP contribution in [0.4, 0.5) is 19.3 Å². The minimum atomic E-state index is -0.687.